The van der Waals surface area contributed by atoms with Gasteiger partial charge in [-0.1, -0.05) is 17.7 Å². The fourth-order valence-electron chi connectivity index (χ4n) is 3.56. The van der Waals surface area contributed by atoms with Gasteiger partial charge in [-0.25, -0.2) is 0 Å². The Bertz CT molecular complexity index is 901. The summed E-state index contributed by atoms with van der Waals surface area (Å²) in [5.74, 6) is 0. The first kappa shape index (κ1) is 22.6. The third-order valence-electron chi connectivity index (χ3n) is 5.13. The molecule has 0 radical (unpaired) electrons. The van der Waals surface area contributed by atoms with E-state index >= 15 is 0 Å². The number of alkyl halides is 9. The molecule has 1 aliphatic heterocycles. The number of hydrogen-bond acceptors (Lipinski definition) is 1. The van der Waals surface area contributed by atoms with Crippen molar-refractivity contribution in [3.05, 3.63) is 64.2 Å². The quantitative estimate of drug-likeness (QED) is 0.432. The molecule has 0 N–H and O–H groups in total. The molecule has 2 aromatic carbocycles. The summed E-state index contributed by atoms with van der Waals surface area (Å²) in [7, 11) is 0. The smallest absolute Gasteiger partial charge is 0.370 e. The van der Waals surface area contributed by atoms with Crippen molar-refractivity contribution in [3.63, 3.8) is 0 Å². The molecule has 3 rings (SSSR count). The Hall–Kier alpha value is -2.10. The molecule has 1 heterocycles. The lowest BCUT2D eigenvalue weighted by Crippen LogP contribution is -2.45. The molecule has 11 heteroatoms. The summed E-state index contributed by atoms with van der Waals surface area (Å²) in [6.45, 7) is -1.06. The molecule has 1 nitrogen and oxygen atoms in total. The molecule has 1 fully saturated rings. The van der Waals surface area contributed by atoms with Gasteiger partial charge in [0.05, 0.1) is 11.1 Å². The topological polar surface area (TPSA) is 3.24 Å². The van der Waals surface area contributed by atoms with Crippen LogP contribution in [0.1, 0.15) is 23.1 Å². The number of rotatable bonds is 2. The molecule has 0 saturated carbocycles. The van der Waals surface area contributed by atoms with Crippen molar-refractivity contribution >= 4 is 17.3 Å². The van der Waals surface area contributed by atoms with Gasteiger partial charge in [0.15, 0.2) is 0 Å². The lowest BCUT2D eigenvalue weighted by atomic mass is 9.77. The second-order valence-electron chi connectivity index (χ2n) is 7.03. The molecule has 2 aromatic rings. The van der Waals surface area contributed by atoms with Gasteiger partial charge < -0.3 is 4.90 Å². The maximum absolute atomic E-state index is 14.1. The van der Waals surface area contributed by atoms with Gasteiger partial charge in [0.25, 0.3) is 0 Å². The predicted octanol–water partition coefficient (Wildman–Crippen LogP) is 7.09. The van der Waals surface area contributed by atoms with Crippen LogP contribution in [0.15, 0.2) is 42.5 Å². The molecule has 30 heavy (non-hydrogen) atoms. The third kappa shape index (κ3) is 4.19. The average molecular weight is 462 g/mol. The van der Waals surface area contributed by atoms with Gasteiger partial charge in [0, 0.05) is 23.8 Å². The van der Waals surface area contributed by atoms with Crippen LogP contribution >= 0.6 is 11.6 Å². The molecule has 0 amide bonds. The van der Waals surface area contributed by atoms with Gasteiger partial charge in [-0.3, -0.25) is 0 Å². The lowest BCUT2D eigenvalue weighted by molar-refractivity contribution is -0.185. The van der Waals surface area contributed by atoms with Gasteiger partial charge >= 0.3 is 18.5 Å². The van der Waals surface area contributed by atoms with Crippen molar-refractivity contribution in [2.75, 3.05) is 18.0 Å². The van der Waals surface area contributed by atoms with Crippen molar-refractivity contribution in [2.24, 2.45) is 0 Å². The average Bonchev–Trinajstić information content (AvgIpc) is 3.06. The fourth-order valence-corrected chi connectivity index (χ4v) is 3.75. The van der Waals surface area contributed by atoms with Crippen LogP contribution in [0, 0.1) is 0 Å². The monoisotopic (exact) mass is 461 g/mol. The molecule has 0 aliphatic carbocycles. The molecule has 0 aromatic heterocycles. The summed E-state index contributed by atoms with van der Waals surface area (Å²) in [5, 5.41) is 0.232. The largest absolute Gasteiger partial charge is 0.416 e. The summed E-state index contributed by atoms with van der Waals surface area (Å²) in [4.78, 5) is 1.24. The minimum absolute atomic E-state index is 0.157. The Kier molecular flexibility index (Phi) is 5.46. The Morgan fingerprint density at radius 1 is 0.800 bits per heavy atom. The molecule has 1 unspecified atom stereocenters. The zero-order chi connectivity index (χ0) is 22.5. The van der Waals surface area contributed by atoms with Crippen LogP contribution in [-0.2, 0) is 17.8 Å². The van der Waals surface area contributed by atoms with Gasteiger partial charge in [0.1, 0.15) is 5.41 Å². The second-order valence-corrected chi connectivity index (χ2v) is 7.46. The highest BCUT2D eigenvalue weighted by Gasteiger charge is 2.60. The zero-order valence-corrected chi connectivity index (χ0v) is 15.6. The van der Waals surface area contributed by atoms with Crippen LogP contribution in [0.4, 0.5) is 45.2 Å². The van der Waals surface area contributed by atoms with Crippen molar-refractivity contribution in [1.29, 1.82) is 0 Å². The van der Waals surface area contributed by atoms with Crippen LogP contribution in [0.3, 0.4) is 0 Å². The first-order chi connectivity index (χ1) is 13.6. The number of nitrogens with zero attached hydrogens (tertiary/aromatic N) is 1. The normalized spacial score (nSPS) is 20.7. The van der Waals surface area contributed by atoms with E-state index in [4.69, 9.17) is 11.6 Å². The number of halogens is 10. The predicted molar refractivity (Wildman–Crippen MR) is 92.5 cm³/mol. The SMILES string of the molecule is FC(F)(F)c1cc(C(F)(F)F)cc(C2(C(F)(F)F)CCN(c3cccc(Cl)c3)C2)c1. The summed E-state index contributed by atoms with van der Waals surface area (Å²) < 4.78 is 121. The van der Waals surface area contributed by atoms with E-state index in [0.29, 0.717) is 0 Å². The van der Waals surface area contributed by atoms with Crippen LogP contribution in [0.2, 0.25) is 5.02 Å². The first-order valence-electron chi connectivity index (χ1n) is 8.51. The molecule has 0 spiro atoms. The fraction of sp³-hybridized carbons (Fsp3) is 0.368. The van der Waals surface area contributed by atoms with Crippen LogP contribution < -0.4 is 4.90 Å². The summed E-state index contributed by atoms with van der Waals surface area (Å²) >= 11 is 5.84. The number of benzene rings is 2. The van der Waals surface area contributed by atoms with E-state index in [2.05, 4.69) is 0 Å². The minimum atomic E-state index is -5.24. The Labute approximate surface area is 170 Å². The van der Waals surface area contributed by atoms with Crippen molar-refractivity contribution in [2.45, 2.75) is 30.4 Å². The molecule has 1 aliphatic rings. The highest BCUT2D eigenvalue weighted by Crippen LogP contribution is 2.50. The number of hydrogen-bond donors (Lipinski definition) is 0. The Morgan fingerprint density at radius 2 is 1.37 bits per heavy atom. The lowest BCUT2D eigenvalue weighted by Gasteiger charge is -2.33. The number of anilines is 1. The molecule has 1 saturated heterocycles. The molecular formula is C19H13ClF9N. The van der Waals surface area contributed by atoms with E-state index < -0.39 is 53.6 Å². The van der Waals surface area contributed by atoms with Crippen LogP contribution in [0.25, 0.3) is 0 Å². The van der Waals surface area contributed by atoms with Gasteiger partial charge in [-0.05, 0) is 48.4 Å². The summed E-state index contributed by atoms with van der Waals surface area (Å²) in [6, 6.07) is 5.94. The second kappa shape index (κ2) is 7.25. The maximum atomic E-state index is 14.1. The van der Waals surface area contributed by atoms with Gasteiger partial charge in [-0.2, -0.15) is 39.5 Å². The molecular weight excluding hydrogens is 449 g/mol. The minimum Gasteiger partial charge on any atom is -0.370 e. The third-order valence-corrected chi connectivity index (χ3v) is 5.36. The van der Waals surface area contributed by atoms with E-state index in [0.717, 1.165) is 0 Å². The van der Waals surface area contributed by atoms with E-state index in [9.17, 15) is 39.5 Å². The zero-order valence-electron chi connectivity index (χ0n) is 14.9. The molecule has 164 valence electrons. The first-order valence-corrected chi connectivity index (χ1v) is 8.88. The van der Waals surface area contributed by atoms with Gasteiger partial charge in [-0.15, -0.1) is 0 Å². The van der Waals surface area contributed by atoms with Crippen molar-refractivity contribution < 1.29 is 39.5 Å². The van der Waals surface area contributed by atoms with E-state index in [1.165, 1.54) is 29.2 Å². The van der Waals surface area contributed by atoms with E-state index in [1.54, 1.807) is 0 Å². The van der Waals surface area contributed by atoms with E-state index in [1.807, 2.05) is 0 Å². The maximum Gasteiger partial charge on any atom is 0.416 e. The molecule has 0 bridgehead atoms. The molecule has 1 atom stereocenters. The highest BCUT2D eigenvalue weighted by atomic mass is 35.5. The highest BCUT2D eigenvalue weighted by molar-refractivity contribution is 6.30. The van der Waals surface area contributed by atoms with E-state index in [-0.39, 0.29) is 35.5 Å². The Balaban J connectivity index is 2.16. The standard InChI is InChI=1S/C19H13ClF9N/c20-14-2-1-3-15(9-14)30-5-4-16(10-30,19(27,28)29)11-6-12(17(21,22)23)8-13(7-11)18(24,25)26/h1-3,6-9H,4-5,10H2. The van der Waals surface area contributed by atoms with Crippen molar-refractivity contribution in [1.82, 2.24) is 0 Å². The van der Waals surface area contributed by atoms with Gasteiger partial charge in [0.2, 0.25) is 0 Å². The van der Waals surface area contributed by atoms with Crippen LogP contribution in [0.5, 0.6) is 0 Å². The summed E-state index contributed by atoms with van der Waals surface area (Å²) in [5.41, 5.74) is -7.25. The Morgan fingerprint density at radius 3 is 1.83 bits per heavy atom. The van der Waals surface area contributed by atoms with Crippen molar-refractivity contribution in [3.8, 4) is 0 Å². The summed E-state index contributed by atoms with van der Waals surface area (Å²) in [6.07, 6.45) is -16.3. The van der Waals surface area contributed by atoms with Crippen LogP contribution in [-0.4, -0.2) is 19.3 Å².